The summed E-state index contributed by atoms with van der Waals surface area (Å²) in [6.07, 6.45) is 6.62. The van der Waals surface area contributed by atoms with Crippen molar-refractivity contribution in [2.45, 2.75) is 62.3 Å². The lowest BCUT2D eigenvalue weighted by Gasteiger charge is -2.39. The predicted molar refractivity (Wildman–Crippen MR) is 166 cm³/mol. The molecule has 1 spiro atoms. The Morgan fingerprint density at radius 2 is 1.89 bits per heavy atom. The highest BCUT2D eigenvalue weighted by molar-refractivity contribution is 6.04. The van der Waals surface area contributed by atoms with Crippen molar-refractivity contribution < 1.29 is 33.7 Å². The van der Waals surface area contributed by atoms with Gasteiger partial charge in [0.05, 0.1) is 44.3 Å². The van der Waals surface area contributed by atoms with Crippen molar-refractivity contribution in [1.29, 1.82) is 0 Å². The number of ether oxygens (including phenoxy) is 3. The van der Waals surface area contributed by atoms with Crippen LogP contribution in [0.3, 0.4) is 0 Å². The molecule has 0 aliphatic carbocycles. The maximum absolute atomic E-state index is 14.8. The lowest BCUT2D eigenvalue weighted by atomic mass is 9.70. The highest BCUT2D eigenvalue weighted by atomic mass is 16.6. The average Bonchev–Trinajstić information content (AvgIpc) is 3.70. The van der Waals surface area contributed by atoms with Gasteiger partial charge in [-0.3, -0.25) is 14.4 Å². The molecule has 2 aromatic carbocycles. The summed E-state index contributed by atoms with van der Waals surface area (Å²) in [6.45, 7) is 7.66. The van der Waals surface area contributed by atoms with E-state index in [0.29, 0.717) is 37.1 Å². The number of hydrogen-bond donors (Lipinski definition) is 1. The van der Waals surface area contributed by atoms with Gasteiger partial charge in [0, 0.05) is 12.2 Å². The van der Waals surface area contributed by atoms with Gasteiger partial charge in [-0.05, 0) is 68.4 Å². The molecule has 1 N–H and O–H groups in total. The van der Waals surface area contributed by atoms with Gasteiger partial charge in [-0.25, -0.2) is 0 Å². The maximum atomic E-state index is 14.8. The van der Waals surface area contributed by atoms with Crippen molar-refractivity contribution in [3.05, 3.63) is 85.5 Å². The molecule has 3 aliphatic heterocycles. The smallest absolute Gasteiger partial charge is 0.312 e. The summed E-state index contributed by atoms with van der Waals surface area (Å²) in [5, 5.41) is 10.7. The zero-order valence-corrected chi connectivity index (χ0v) is 25.3. The number of unbranched alkanes of at least 4 members (excludes halogenated alkanes) is 2. The molecule has 9 nitrogen and oxygen atoms in total. The van der Waals surface area contributed by atoms with E-state index in [1.807, 2.05) is 36.4 Å². The van der Waals surface area contributed by atoms with Gasteiger partial charge in [-0.15, -0.1) is 13.2 Å². The number of methoxy groups -OCH3 is 1. The molecule has 0 radical (unpaired) electrons. The molecule has 2 bridgehead atoms. The quantitative estimate of drug-likeness (QED) is 0.186. The van der Waals surface area contributed by atoms with Gasteiger partial charge in [0.15, 0.2) is 0 Å². The van der Waals surface area contributed by atoms with Crippen LogP contribution in [0.25, 0.3) is 0 Å². The van der Waals surface area contributed by atoms with Gasteiger partial charge < -0.3 is 29.1 Å². The van der Waals surface area contributed by atoms with E-state index in [1.165, 1.54) is 4.90 Å². The number of aliphatic hydroxyl groups is 1. The van der Waals surface area contributed by atoms with Crippen LogP contribution in [0.5, 0.6) is 5.75 Å². The molecule has 0 aromatic heterocycles. The zero-order chi connectivity index (χ0) is 31.3. The van der Waals surface area contributed by atoms with Crippen LogP contribution in [0.15, 0.2) is 79.9 Å². The van der Waals surface area contributed by atoms with Gasteiger partial charge in [0.2, 0.25) is 5.91 Å². The average molecular weight is 603 g/mol. The molecule has 3 aliphatic rings. The molecule has 3 saturated heterocycles. The first kappa shape index (κ1) is 31.5. The number of hydrogen-bond acceptors (Lipinski definition) is 7. The van der Waals surface area contributed by atoms with E-state index in [4.69, 9.17) is 14.2 Å². The third-order valence-electron chi connectivity index (χ3n) is 9.17. The van der Waals surface area contributed by atoms with Crippen molar-refractivity contribution >= 4 is 23.5 Å². The van der Waals surface area contributed by atoms with E-state index in [0.717, 1.165) is 18.4 Å². The molecule has 2 aromatic rings. The Morgan fingerprint density at radius 1 is 1.14 bits per heavy atom. The minimum absolute atomic E-state index is 0.187. The highest BCUT2D eigenvalue weighted by Crippen LogP contribution is 2.59. The molecule has 5 rings (SSSR count). The summed E-state index contributed by atoms with van der Waals surface area (Å²) >= 11 is 0. The zero-order valence-electron chi connectivity index (χ0n) is 25.3. The summed E-state index contributed by atoms with van der Waals surface area (Å²) in [5.41, 5.74) is 0.301. The molecular formula is C35H42N2O7. The third kappa shape index (κ3) is 5.78. The number of aliphatic hydroxyl groups excluding tert-OH is 1. The van der Waals surface area contributed by atoms with Gasteiger partial charge in [0.25, 0.3) is 5.91 Å². The summed E-state index contributed by atoms with van der Waals surface area (Å²) in [4.78, 5) is 45.9. The second-order valence-corrected chi connectivity index (χ2v) is 11.7. The first-order valence-corrected chi connectivity index (χ1v) is 15.4. The van der Waals surface area contributed by atoms with Crippen LogP contribution in [0.4, 0.5) is 5.69 Å². The second-order valence-electron chi connectivity index (χ2n) is 11.7. The van der Waals surface area contributed by atoms with Crippen LogP contribution >= 0.6 is 0 Å². The molecule has 9 heteroatoms. The van der Waals surface area contributed by atoms with E-state index >= 15 is 0 Å². The maximum Gasteiger partial charge on any atom is 0.312 e. The number of carbonyl (C=O) groups excluding carboxylic acids is 3. The van der Waals surface area contributed by atoms with Gasteiger partial charge in [-0.1, -0.05) is 42.5 Å². The fourth-order valence-electron chi connectivity index (χ4n) is 7.19. The summed E-state index contributed by atoms with van der Waals surface area (Å²) in [6, 6.07) is 14.9. The Kier molecular flexibility index (Phi) is 9.86. The normalized spacial score (nSPS) is 25.8. The van der Waals surface area contributed by atoms with E-state index in [-0.39, 0.29) is 31.6 Å². The van der Waals surface area contributed by atoms with Crippen molar-refractivity contribution in [1.82, 2.24) is 4.90 Å². The lowest BCUT2D eigenvalue weighted by Crippen LogP contribution is -2.59. The van der Waals surface area contributed by atoms with E-state index in [9.17, 15) is 19.5 Å². The summed E-state index contributed by atoms with van der Waals surface area (Å²) in [7, 11) is 1.57. The topological polar surface area (TPSA) is 106 Å². The first-order chi connectivity index (χ1) is 21.4. The van der Waals surface area contributed by atoms with Crippen LogP contribution in [0.2, 0.25) is 0 Å². The standard InChI is InChI=1S/C35H42N2O7/c1-4-6-7-11-21-43-34(41)29-28-18-19-35(44-28)30(29)32(39)37(26(23-38)22-24-12-9-8-10-13-24)31(35)33(40)36(20-5-2)25-14-16-27(42-3)17-15-25/h4-5,8-10,12-17,26,28-31,38H,1-2,6-7,11,18-23H2,3H3/t26-,28-,29+,30+,31?,35?/m1/s1. The fraction of sp³-hybridized carbons (Fsp3) is 0.457. The van der Waals surface area contributed by atoms with Gasteiger partial charge in [-0.2, -0.15) is 0 Å². The molecule has 234 valence electrons. The fourth-order valence-corrected chi connectivity index (χ4v) is 7.19. The van der Waals surface area contributed by atoms with Crippen molar-refractivity contribution in [2.75, 3.05) is 31.8 Å². The Balaban J connectivity index is 1.52. The lowest BCUT2D eigenvalue weighted by molar-refractivity contribution is -0.156. The van der Waals surface area contributed by atoms with Gasteiger partial charge >= 0.3 is 5.97 Å². The number of esters is 1. The highest BCUT2D eigenvalue weighted by Gasteiger charge is 2.75. The number of amides is 2. The number of nitrogens with zero attached hydrogens (tertiary/aromatic N) is 2. The first-order valence-electron chi connectivity index (χ1n) is 15.4. The SMILES string of the molecule is C=CCCCCOC(=O)[C@@H]1[C@H]2C(=O)N([C@@H](CO)Cc3ccccc3)C(C(=O)N(CC=C)c3ccc(OC)cc3)C23CC[C@H]1O3. The molecule has 3 heterocycles. The number of fused-ring (bicyclic) bond motifs is 1. The van der Waals surface area contributed by atoms with Crippen LogP contribution in [-0.2, 0) is 30.3 Å². The van der Waals surface area contributed by atoms with Crippen LogP contribution in [0, 0.1) is 11.8 Å². The Labute approximate surface area is 259 Å². The van der Waals surface area contributed by atoms with Crippen LogP contribution < -0.4 is 9.64 Å². The number of rotatable bonds is 15. The summed E-state index contributed by atoms with van der Waals surface area (Å²) in [5.74, 6) is -2.24. The molecule has 3 fully saturated rings. The van der Waals surface area contributed by atoms with Crippen LogP contribution in [0.1, 0.15) is 37.7 Å². The second kappa shape index (κ2) is 13.8. The Bertz CT molecular complexity index is 1350. The number of allylic oxidation sites excluding steroid dienone is 1. The van der Waals surface area contributed by atoms with E-state index in [2.05, 4.69) is 13.2 Å². The molecule has 6 atom stereocenters. The number of benzene rings is 2. The number of likely N-dealkylation sites (tertiary alicyclic amines) is 1. The monoisotopic (exact) mass is 602 g/mol. The van der Waals surface area contributed by atoms with Crippen LogP contribution in [-0.4, -0.2) is 78.4 Å². The number of anilines is 1. The largest absolute Gasteiger partial charge is 0.497 e. The molecule has 44 heavy (non-hydrogen) atoms. The van der Waals surface area contributed by atoms with E-state index in [1.54, 1.807) is 42.4 Å². The number of carbonyl (C=O) groups is 3. The van der Waals surface area contributed by atoms with E-state index < -0.39 is 41.6 Å². The minimum atomic E-state index is -1.22. The van der Waals surface area contributed by atoms with Gasteiger partial charge in [0.1, 0.15) is 17.4 Å². The third-order valence-corrected chi connectivity index (χ3v) is 9.17. The summed E-state index contributed by atoms with van der Waals surface area (Å²) < 4.78 is 17.6. The Morgan fingerprint density at radius 3 is 2.55 bits per heavy atom. The molecular weight excluding hydrogens is 560 g/mol. The van der Waals surface area contributed by atoms with Crippen molar-refractivity contribution in [3.8, 4) is 5.75 Å². The molecule has 0 saturated carbocycles. The predicted octanol–water partition coefficient (Wildman–Crippen LogP) is 4.09. The minimum Gasteiger partial charge on any atom is -0.497 e. The molecule has 2 unspecified atom stereocenters. The molecule has 2 amide bonds. The van der Waals surface area contributed by atoms with Crippen molar-refractivity contribution in [3.63, 3.8) is 0 Å². The van der Waals surface area contributed by atoms with Crippen molar-refractivity contribution in [2.24, 2.45) is 11.8 Å². The Hall–Kier alpha value is -3.95.